The van der Waals surface area contributed by atoms with Crippen LogP contribution in [0.4, 0.5) is 9.59 Å². The number of esters is 2. The number of rotatable bonds is 10. The molecule has 0 bridgehead atoms. The maximum atomic E-state index is 14.6. The molecule has 0 aliphatic carbocycles. The number of ether oxygens (including phenoxy) is 6. The van der Waals surface area contributed by atoms with Gasteiger partial charge in [-0.05, 0) is 66.6 Å². The molecule has 3 N–H and O–H groups in total. The number of nitrogens with zero attached hydrogens (tertiary/aromatic N) is 3. The lowest BCUT2D eigenvalue weighted by atomic mass is 9.73. The van der Waals surface area contributed by atoms with E-state index >= 15 is 0 Å². The molecule has 63 heavy (non-hydrogen) atoms. The van der Waals surface area contributed by atoms with Gasteiger partial charge in [-0.3, -0.25) is 24.4 Å². The molecule has 4 heterocycles. The van der Waals surface area contributed by atoms with Crippen LogP contribution in [0, 0.1) is 23.7 Å². The van der Waals surface area contributed by atoms with E-state index in [1.54, 1.807) is 66.2 Å². The fraction of sp³-hybridized carbons (Fsp3) is 0.630. The Morgan fingerprint density at radius 3 is 2.37 bits per heavy atom. The van der Waals surface area contributed by atoms with E-state index in [1.807, 2.05) is 56.3 Å². The second kappa shape index (κ2) is 20.7. The molecule has 3 aliphatic heterocycles. The van der Waals surface area contributed by atoms with Gasteiger partial charge >= 0.3 is 24.1 Å². The number of amides is 2. The molecule has 0 radical (unpaired) electrons. The number of benzene rings is 1. The maximum absolute atomic E-state index is 14.6. The van der Waals surface area contributed by atoms with Crippen LogP contribution in [-0.4, -0.2) is 131 Å². The molecule has 14 atom stereocenters. The molecule has 5 rings (SSSR count). The first-order valence-electron chi connectivity index (χ1n) is 21.7. The number of hydrogen-bond donors (Lipinski definition) is 3. The van der Waals surface area contributed by atoms with E-state index in [0.717, 1.165) is 16.8 Å². The average molecular weight is 880 g/mol. The Labute approximate surface area is 370 Å². The zero-order chi connectivity index (χ0) is 46.4. The molecular weight excluding hydrogens is 815 g/mol. The van der Waals surface area contributed by atoms with E-state index in [1.165, 1.54) is 13.8 Å². The molecule has 0 saturated carbocycles. The van der Waals surface area contributed by atoms with Gasteiger partial charge in [-0.2, -0.15) is 0 Å². The van der Waals surface area contributed by atoms with Crippen LogP contribution < -0.4 is 10.6 Å². The highest BCUT2D eigenvalue weighted by Gasteiger charge is 2.58. The molecule has 3 fully saturated rings. The average Bonchev–Trinajstić information content (AvgIpc) is 3.56. The normalized spacial score (nSPS) is 35.5. The number of carbonyl (C=O) groups excluding carboxylic acids is 5. The minimum Gasteiger partial charge on any atom is -0.458 e. The van der Waals surface area contributed by atoms with Crippen LogP contribution in [0.25, 0.3) is 17.3 Å². The summed E-state index contributed by atoms with van der Waals surface area (Å²) in [7, 11) is 3.69. The fourth-order valence-corrected chi connectivity index (χ4v) is 9.34. The summed E-state index contributed by atoms with van der Waals surface area (Å²) in [5, 5.41) is 17.7. The molecule has 3 saturated heterocycles. The highest BCUT2D eigenvalue weighted by Crippen LogP contribution is 2.41. The largest absolute Gasteiger partial charge is 0.458 e. The number of aliphatic hydroxyl groups excluding tert-OH is 1. The highest BCUT2D eigenvalue weighted by atomic mass is 16.7. The summed E-state index contributed by atoms with van der Waals surface area (Å²) in [5.41, 5.74) is -0.660. The Balaban J connectivity index is 1.52. The van der Waals surface area contributed by atoms with Gasteiger partial charge in [0.25, 0.3) is 0 Å². The summed E-state index contributed by atoms with van der Waals surface area (Å²) in [5.74, 6) is -5.54. The number of cyclic esters (lactones) is 1. The first kappa shape index (κ1) is 49.1. The first-order chi connectivity index (χ1) is 29.7. The van der Waals surface area contributed by atoms with Gasteiger partial charge in [0.2, 0.25) is 0 Å². The Hall–Kier alpha value is -4.97. The number of alkyl carbamates (subject to hydrolysis) is 2. The van der Waals surface area contributed by atoms with Gasteiger partial charge in [0, 0.05) is 49.2 Å². The zero-order valence-electron chi connectivity index (χ0n) is 38.2. The minimum atomic E-state index is -1.73. The van der Waals surface area contributed by atoms with Crippen LogP contribution in [0.5, 0.6) is 0 Å². The lowest BCUT2D eigenvalue weighted by Gasteiger charge is -2.48. The van der Waals surface area contributed by atoms with Gasteiger partial charge < -0.3 is 49.1 Å². The second-order valence-corrected chi connectivity index (χ2v) is 17.9. The van der Waals surface area contributed by atoms with E-state index < -0.39 is 95.7 Å². The molecule has 2 amide bonds. The Bertz CT molecular complexity index is 1950. The third-order valence-corrected chi connectivity index (χ3v) is 12.7. The summed E-state index contributed by atoms with van der Waals surface area (Å²) in [6.45, 7) is 14.7. The summed E-state index contributed by atoms with van der Waals surface area (Å²) >= 11 is 0. The van der Waals surface area contributed by atoms with Crippen molar-refractivity contribution in [3.05, 3.63) is 54.5 Å². The molecule has 1 aromatic carbocycles. The second-order valence-electron chi connectivity index (χ2n) is 17.9. The summed E-state index contributed by atoms with van der Waals surface area (Å²) in [6, 6.07) is 6.39. The van der Waals surface area contributed by atoms with E-state index in [0.29, 0.717) is 6.42 Å². The Morgan fingerprint density at radius 2 is 1.75 bits per heavy atom. The third kappa shape index (κ3) is 11.4. The van der Waals surface area contributed by atoms with Crippen molar-refractivity contribution in [3.63, 3.8) is 0 Å². The van der Waals surface area contributed by atoms with Crippen molar-refractivity contribution in [3.8, 4) is 11.3 Å². The minimum absolute atomic E-state index is 0.0553. The van der Waals surface area contributed by atoms with Crippen molar-refractivity contribution >= 4 is 36.0 Å². The van der Waals surface area contributed by atoms with Gasteiger partial charge in [-0.1, -0.05) is 64.1 Å². The summed E-state index contributed by atoms with van der Waals surface area (Å²) < 4.78 is 37.2. The van der Waals surface area contributed by atoms with Crippen molar-refractivity contribution in [2.45, 2.75) is 142 Å². The van der Waals surface area contributed by atoms with Gasteiger partial charge in [0.05, 0.1) is 42.1 Å². The van der Waals surface area contributed by atoms with Crippen molar-refractivity contribution < 1.29 is 57.5 Å². The number of likely N-dealkylation sites (N-methyl/N-ethyl adjacent to an activating group) is 1. The Kier molecular flexibility index (Phi) is 16.1. The quantitative estimate of drug-likeness (QED) is 0.209. The molecular formula is C46H65N5O12. The monoisotopic (exact) mass is 879 g/mol. The molecule has 346 valence electrons. The molecule has 1 aromatic heterocycles. The fourth-order valence-electron chi connectivity index (χ4n) is 9.34. The van der Waals surface area contributed by atoms with Crippen LogP contribution in [0.1, 0.15) is 87.1 Å². The molecule has 17 heteroatoms. The predicted octanol–water partition coefficient (Wildman–Crippen LogP) is 5.09. The number of carbonyl (C=O) groups is 5. The van der Waals surface area contributed by atoms with Crippen LogP contribution in [0.3, 0.4) is 0 Å². The van der Waals surface area contributed by atoms with Crippen LogP contribution in [0.2, 0.25) is 0 Å². The molecule has 2 aromatic rings. The lowest BCUT2D eigenvalue weighted by molar-refractivity contribution is -0.300. The third-order valence-electron chi connectivity index (χ3n) is 12.7. The van der Waals surface area contributed by atoms with Crippen molar-refractivity contribution in [2.75, 3.05) is 20.6 Å². The Morgan fingerprint density at radius 1 is 1.05 bits per heavy atom. The smallest absolute Gasteiger partial charge is 0.408 e. The van der Waals surface area contributed by atoms with E-state index in [2.05, 4.69) is 20.6 Å². The van der Waals surface area contributed by atoms with Crippen molar-refractivity contribution in [1.82, 2.24) is 25.5 Å². The maximum Gasteiger partial charge on any atom is 0.408 e. The van der Waals surface area contributed by atoms with E-state index in [9.17, 15) is 29.1 Å². The molecule has 17 nitrogen and oxygen atoms in total. The number of aliphatic hydroxyl groups is 1. The molecule has 3 aliphatic rings. The van der Waals surface area contributed by atoms with Crippen molar-refractivity contribution in [1.29, 1.82) is 0 Å². The van der Waals surface area contributed by atoms with E-state index in [-0.39, 0.29) is 37.3 Å². The van der Waals surface area contributed by atoms with Gasteiger partial charge in [0.1, 0.15) is 23.6 Å². The molecule has 0 unspecified atom stereocenters. The summed E-state index contributed by atoms with van der Waals surface area (Å²) in [6.07, 6.45) is 1.16. The predicted molar refractivity (Wildman–Crippen MR) is 231 cm³/mol. The van der Waals surface area contributed by atoms with Crippen molar-refractivity contribution in [2.24, 2.45) is 23.7 Å². The van der Waals surface area contributed by atoms with Crippen LogP contribution in [-0.2, 0) is 42.8 Å². The topological polar surface area (TPSA) is 214 Å². The first-order valence-corrected chi connectivity index (χ1v) is 21.7. The number of hydrogen-bond acceptors (Lipinski definition) is 15. The summed E-state index contributed by atoms with van der Waals surface area (Å²) in [4.78, 5) is 78.2. The number of ketones is 1. The van der Waals surface area contributed by atoms with Gasteiger partial charge in [0.15, 0.2) is 18.0 Å². The van der Waals surface area contributed by atoms with Gasteiger partial charge in [-0.25, -0.2) is 9.59 Å². The number of nitrogens with one attached hydrogen (secondary N) is 2. The number of Topliss-reactive ketones (excluding diaryl/α,β-unsaturated/α-hetero) is 1. The number of aromatic nitrogens is 2. The zero-order valence-corrected chi connectivity index (χ0v) is 38.2. The molecule has 0 spiro atoms. The number of fused-ring (bicyclic) bond motifs is 1. The standard InChI is InChI=1S/C46H65N5O12/c1-12-35-46(9)39(50-44(57)63-46)27(4)36(53)25(2)23-45(8,62-43(56)49-19-13-14-31-15-17-32(18-16-31)33-24-47-20-21-48-33)40(28(5)37(54)29(6)41(55)60-35)61-42-38(59-30(7)52)34(51(10)11)22-26(3)58-42/h13-18,20-21,24-29,34-35,37-40,42,54H,12,19,22-23H2,1-11H3,(H,49,56)(H,50,57)/t25-,26-,27+,28+,29-,34+,35-,37+,38-,39-,40-,42+,45-,46-/m1/s1. The van der Waals surface area contributed by atoms with Crippen LogP contribution in [0.15, 0.2) is 48.9 Å². The highest BCUT2D eigenvalue weighted by molar-refractivity contribution is 5.85. The lowest BCUT2D eigenvalue weighted by Crippen LogP contribution is -2.61. The van der Waals surface area contributed by atoms with Gasteiger partial charge in [-0.15, -0.1) is 0 Å². The van der Waals surface area contributed by atoms with Crippen LogP contribution >= 0.6 is 0 Å². The van der Waals surface area contributed by atoms with E-state index in [4.69, 9.17) is 28.4 Å². The SMILES string of the molecule is CC[C@H]1OC(=O)[C@H](C)[C@@H](O)[C@H](C)[C@@H](O[C@@H]2O[C@H](C)C[C@H](N(C)C)[C@H]2OC(C)=O)[C@](C)(OC(=O)NCC=Cc2ccc(-c3cnccn3)cc2)C[C@@H](C)C(=O)[C@H](C)[C@H]2NC(=O)O[C@@]21C.